The lowest BCUT2D eigenvalue weighted by Gasteiger charge is -2.06. The lowest BCUT2D eigenvalue weighted by atomic mass is 10.4. The molecule has 92 valence electrons. The molecule has 0 saturated heterocycles. The van der Waals surface area contributed by atoms with Gasteiger partial charge in [-0.3, -0.25) is 4.79 Å². The van der Waals surface area contributed by atoms with Crippen LogP contribution in [0.5, 0.6) is 0 Å². The molecule has 17 heavy (non-hydrogen) atoms. The highest BCUT2D eigenvalue weighted by molar-refractivity contribution is 5.96. The minimum Gasteiger partial charge on any atom is -0.382 e. The van der Waals surface area contributed by atoms with Crippen molar-refractivity contribution in [3.05, 3.63) is 18.1 Å². The number of hydrogen-bond acceptors (Lipinski definition) is 5. The number of hydrogen-bond donors (Lipinski definition) is 2. The maximum atomic E-state index is 11.6. The number of nitrogens with one attached hydrogen (secondary N) is 1. The Morgan fingerprint density at radius 1 is 1.47 bits per heavy atom. The largest absolute Gasteiger partial charge is 0.382 e. The Bertz CT molecular complexity index is 393. The summed E-state index contributed by atoms with van der Waals surface area (Å²) in [6.07, 6.45) is 5.42. The Kier molecular flexibility index (Phi) is 3.87. The van der Waals surface area contributed by atoms with E-state index in [4.69, 9.17) is 10.5 Å². The predicted octanol–water partition coefficient (Wildman–Crippen LogP) is 0.215. The summed E-state index contributed by atoms with van der Waals surface area (Å²) in [7, 11) is 0. The number of nitrogens with two attached hydrogens (primary N) is 1. The molecule has 6 nitrogen and oxygen atoms in total. The van der Waals surface area contributed by atoms with Crippen LogP contribution in [0, 0.1) is 5.92 Å². The van der Waals surface area contributed by atoms with Gasteiger partial charge in [0.15, 0.2) is 11.5 Å². The highest BCUT2D eigenvalue weighted by Crippen LogP contribution is 2.28. The van der Waals surface area contributed by atoms with Crippen molar-refractivity contribution in [3.63, 3.8) is 0 Å². The zero-order chi connectivity index (χ0) is 12.1. The van der Waals surface area contributed by atoms with E-state index in [0.29, 0.717) is 13.2 Å². The number of amides is 1. The number of ether oxygens (including phenoxy) is 1. The van der Waals surface area contributed by atoms with E-state index in [9.17, 15) is 4.79 Å². The number of rotatable bonds is 6. The second kappa shape index (κ2) is 5.58. The summed E-state index contributed by atoms with van der Waals surface area (Å²) in [6, 6.07) is 0. The van der Waals surface area contributed by atoms with Gasteiger partial charge in [0, 0.05) is 25.5 Å². The van der Waals surface area contributed by atoms with Crippen molar-refractivity contribution in [2.45, 2.75) is 12.8 Å². The van der Waals surface area contributed by atoms with Gasteiger partial charge >= 0.3 is 0 Å². The summed E-state index contributed by atoms with van der Waals surface area (Å²) in [4.78, 5) is 19.3. The van der Waals surface area contributed by atoms with Gasteiger partial charge in [0.1, 0.15) is 0 Å². The SMILES string of the molecule is Nc1nccnc1C(=O)NCCOCC1CC1. The Labute approximate surface area is 99.6 Å². The number of nitrogen functional groups attached to an aromatic ring is 1. The molecule has 1 aromatic rings. The topological polar surface area (TPSA) is 90.1 Å². The number of carbonyl (C=O) groups excluding carboxylic acids is 1. The Morgan fingerprint density at radius 3 is 2.94 bits per heavy atom. The van der Waals surface area contributed by atoms with Crippen LogP contribution < -0.4 is 11.1 Å². The molecule has 2 rings (SSSR count). The molecule has 0 bridgehead atoms. The average molecular weight is 236 g/mol. The first kappa shape index (κ1) is 11.8. The maximum absolute atomic E-state index is 11.6. The number of nitrogens with zero attached hydrogens (tertiary/aromatic N) is 2. The van der Waals surface area contributed by atoms with Gasteiger partial charge in [-0.2, -0.15) is 0 Å². The van der Waals surface area contributed by atoms with Gasteiger partial charge in [0.2, 0.25) is 0 Å². The molecule has 0 aromatic carbocycles. The van der Waals surface area contributed by atoms with Gasteiger partial charge in [-0.1, -0.05) is 0 Å². The fourth-order valence-electron chi connectivity index (χ4n) is 1.38. The van der Waals surface area contributed by atoms with E-state index >= 15 is 0 Å². The fourth-order valence-corrected chi connectivity index (χ4v) is 1.38. The Hall–Kier alpha value is -1.69. The third kappa shape index (κ3) is 3.67. The van der Waals surface area contributed by atoms with Crippen molar-refractivity contribution in [3.8, 4) is 0 Å². The second-order valence-corrected chi connectivity index (χ2v) is 4.06. The van der Waals surface area contributed by atoms with Crippen molar-refractivity contribution in [1.29, 1.82) is 0 Å². The van der Waals surface area contributed by atoms with E-state index in [0.717, 1.165) is 12.5 Å². The van der Waals surface area contributed by atoms with Crippen LogP contribution >= 0.6 is 0 Å². The first-order valence-electron chi connectivity index (χ1n) is 5.70. The first-order valence-corrected chi connectivity index (χ1v) is 5.70. The average Bonchev–Trinajstić information content (AvgIpc) is 3.13. The third-order valence-corrected chi connectivity index (χ3v) is 2.52. The van der Waals surface area contributed by atoms with Crippen LogP contribution in [-0.4, -0.2) is 35.6 Å². The molecule has 3 N–H and O–H groups in total. The fraction of sp³-hybridized carbons (Fsp3) is 0.545. The Balaban J connectivity index is 1.67. The van der Waals surface area contributed by atoms with Crippen molar-refractivity contribution in [2.24, 2.45) is 5.92 Å². The molecule has 1 amide bonds. The van der Waals surface area contributed by atoms with Crippen molar-refractivity contribution >= 4 is 11.7 Å². The van der Waals surface area contributed by atoms with Gasteiger partial charge < -0.3 is 15.8 Å². The molecule has 1 aliphatic rings. The summed E-state index contributed by atoms with van der Waals surface area (Å²) in [5.41, 5.74) is 5.70. The van der Waals surface area contributed by atoms with Crippen molar-refractivity contribution in [2.75, 3.05) is 25.5 Å². The minimum absolute atomic E-state index is 0.142. The molecule has 0 unspecified atom stereocenters. The van der Waals surface area contributed by atoms with E-state index < -0.39 is 0 Å². The van der Waals surface area contributed by atoms with Crippen LogP contribution in [-0.2, 0) is 4.74 Å². The molecule has 1 saturated carbocycles. The van der Waals surface area contributed by atoms with Gasteiger partial charge in [0.05, 0.1) is 6.61 Å². The maximum Gasteiger partial charge on any atom is 0.273 e. The Morgan fingerprint density at radius 2 is 2.24 bits per heavy atom. The second-order valence-electron chi connectivity index (χ2n) is 4.06. The van der Waals surface area contributed by atoms with E-state index in [1.165, 1.54) is 25.2 Å². The van der Waals surface area contributed by atoms with Crippen molar-refractivity contribution in [1.82, 2.24) is 15.3 Å². The quantitative estimate of drug-likeness (QED) is 0.689. The van der Waals surface area contributed by atoms with E-state index in [2.05, 4.69) is 15.3 Å². The molecule has 0 radical (unpaired) electrons. The van der Waals surface area contributed by atoms with Gasteiger partial charge in [-0.25, -0.2) is 9.97 Å². The first-order chi connectivity index (χ1) is 8.27. The van der Waals surface area contributed by atoms with Crippen LogP contribution in [0.4, 0.5) is 5.82 Å². The molecule has 0 aliphatic heterocycles. The predicted molar refractivity (Wildman–Crippen MR) is 62.3 cm³/mol. The third-order valence-electron chi connectivity index (χ3n) is 2.52. The molecule has 0 spiro atoms. The number of aromatic nitrogens is 2. The lowest BCUT2D eigenvalue weighted by molar-refractivity contribution is 0.0902. The summed E-state index contributed by atoms with van der Waals surface area (Å²) >= 11 is 0. The van der Waals surface area contributed by atoms with Crippen LogP contribution in [0.2, 0.25) is 0 Å². The van der Waals surface area contributed by atoms with Gasteiger partial charge in [-0.05, 0) is 18.8 Å². The normalized spacial score (nSPS) is 14.6. The van der Waals surface area contributed by atoms with Crippen LogP contribution in [0.15, 0.2) is 12.4 Å². The van der Waals surface area contributed by atoms with E-state index in [1.807, 2.05) is 0 Å². The molecular weight excluding hydrogens is 220 g/mol. The van der Waals surface area contributed by atoms with Gasteiger partial charge in [0.25, 0.3) is 5.91 Å². The van der Waals surface area contributed by atoms with Crippen LogP contribution in [0.1, 0.15) is 23.3 Å². The van der Waals surface area contributed by atoms with E-state index in [1.54, 1.807) is 0 Å². The molecule has 1 heterocycles. The molecule has 0 atom stereocenters. The molecule has 1 aromatic heterocycles. The highest BCUT2D eigenvalue weighted by Gasteiger charge is 2.20. The van der Waals surface area contributed by atoms with Crippen LogP contribution in [0.25, 0.3) is 0 Å². The zero-order valence-electron chi connectivity index (χ0n) is 9.56. The summed E-state index contributed by atoms with van der Waals surface area (Å²) in [5.74, 6) is 0.566. The lowest BCUT2D eigenvalue weighted by Crippen LogP contribution is -2.29. The number of carbonyl (C=O) groups is 1. The molecule has 1 aliphatic carbocycles. The molecule has 6 heteroatoms. The van der Waals surface area contributed by atoms with Crippen molar-refractivity contribution < 1.29 is 9.53 Å². The zero-order valence-corrected chi connectivity index (χ0v) is 9.56. The van der Waals surface area contributed by atoms with Crippen LogP contribution in [0.3, 0.4) is 0 Å². The standard InChI is InChI=1S/C11H16N4O2/c12-10-9(13-3-4-14-10)11(16)15-5-6-17-7-8-1-2-8/h3-4,8H,1-2,5-7H2,(H2,12,14)(H,15,16). The van der Waals surface area contributed by atoms with E-state index in [-0.39, 0.29) is 17.4 Å². The smallest absolute Gasteiger partial charge is 0.273 e. The minimum atomic E-state index is -0.314. The molecular formula is C11H16N4O2. The monoisotopic (exact) mass is 236 g/mol. The molecule has 1 fully saturated rings. The highest BCUT2D eigenvalue weighted by atomic mass is 16.5. The summed E-state index contributed by atoms with van der Waals surface area (Å²) < 4.78 is 5.39. The number of anilines is 1. The summed E-state index contributed by atoms with van der Waals surface area (Å²) in [5, 5.41) is 2.69. The van der Waals surface area contributed by atoms with Gasteiger partial charge in [-0.15, -0.1) is 0 Å². The summed E-state index contributed by atoms with van der Waals surface area (Å²) in [6.45, 7) is 1.77.